The first-order valence-corrected chi connectivity index (χ1v) is 7.73. The highest BCUT2D eigenvalue weighted by Crippen LogP contribution is 2.19. The highest BCUT2D eigenvalue weighted by Gasteiger charge is 2.09. The number of rotatable bonds is 4. The molecule has 0 bridgehead atoms. The minimum absolute atomic E-state index is 0.0323. The molecule has 0 aliphatic carbocycles. The van der Waals surface area contributed by atoms with Gasteiger partial charge in [-0.05, 0) is 35.9 Å². The summed E-state index contributed by atoms with van der Waals surface area (Å²) < 4.78 is 1.91. The van der Waals surface area contributed by atoms with E-state index in [-0.39, 0.29) is 5.91 Å². The predicted molar refractivity (Wildman–Crippen MR) is 94.2 cm³/mol. The van der Waals surface area contributed by atoms with Crippen molar-refractivity contribution in [2.45, 2.75) is 6.42 Å². The number of aromatic amines is 1. The van der Waals surface area contributed by atoms with Gasteiger partial charge in [0, 0.05) is 40.9 Å². The second-order valence-electron chi connectivity index (χ2n) is 5.60. The molecule has 2 aromatic carbocycles. The van der Waals surface area contributed by atoms with Gasteiger partial charge in [0.2, 0.25) is 5.91 Å². The van der Waals surface area contributed by atoms with E-state index in [2.05, 4.69) is 15.3 Å². The standard InChI is InChI=1S/C19H16N4O/c24-19(11-14-12-21-18-4-2-1-3-17(14)18)22-15-5-7-16(8-6-15)23-10-9-20-13-23/h1-10,12-13,21H,11H2,(H,22,24). The zero-order chi connectivity index (χ0) is 16.4. The van der Waals surface area contributed by atoms with Crippen molar-refractivity contribution in [1.29, 1.82) is 0 Å². The second-order valence-corrected chi connectivity index (χ2v) is 5.60. The highest BCUT2D eigenvalue weighted by molar-refractivity contribution is 5.95. The van der Waals surface area contributed by atoms with Gasteiger partial charge in [-0.3, -0.25) is 4.79 Å². The van der Waals surface area contributed by atoms with Crippen LogP contribution in [0.3, 0.4) is 0 Å². The van der Waals surface area contributed by atoms with Crippen molar-refractivity contribution < 1.29 is 4.79 Å². The molecular weight excluding hydrogens is 300 g/mol. The van der Waals surface area contributed by atoms with Crippen LogP contribution in [0, 0.1) is 0 Å². The zero-order valence-corrected chi connectivity index (χ0v) is 12.9. The van der Waals surface area contributed by atoms with Crippen molar-refractivity contribution in [3.63, 3.8) is 0 Å². The van der Waals surface area contributed by atoms with E-state index in [1.165, 1.54) is 0 Å². The predicted octanol–water partition coefficient (Wildman–Crippen LogP) is 3.53. The van der Waals surface area contributed by atoms with Gasteiger partial charge in [0.1, 0.15) is 0 Å². The number of H-pyrrole nitrogens is 1. The van der Waals surface area contributed by atoms with E-state index in [9.17, 15) is 4.79 Å². The third-order valence-corrected chi connectivity index (χ3v) is 3.98. The van der Waals surface area contributed by atoms with Crippen LogP contribution < -0.4 is 5.32 Å². The molecule has 2 aromatic heterocycles. The van der Waals surface area contributed by atoms with E-state index >= 15 is 0 Å². The summed E-state index contributed by atoms with van der Waals surface area (Å²) in [5.41, 5.74) is 3.83. The van der Waals surface area contributed by atoms with E-state index in [0.717, 1.165) is 27.8 Å². The number of carbonyl (C=O) groups excluding carboxylic acids is 1. The van der Waals surface area contributed by atoms with Gasteiger partial charge in [-0.25, -0.2) is 4.98 Å². The fraction of sp³-hybridized carbons (Fsp3) is 0.0526. The molecule has 0 atom stereocenters. The monoisotopic (exact) mass is 316 g/mol. The van der Waals surface area contributed by atoms with Gasteiger partial charge >= 0.3 is 0 Å². The van der Waals surface area contributed by atoms with Gasteiger partial charge in [0.25, 0.3) is 0 Å². The molecule has 4 aromatic rings. The Hall–Kier alpha value is -3.34. The largest absolute Gasteiger partial charge is 0.361 e. The van der Waals surface area contributed by atoms with Crippen molar-refractivity contribution in [3.8, 4) is 5.69 Å². The van der Waals surface area contributed by atoms with Crippen molar-refractivity contribution in [1.82, 2.24) is 14.5 Å². The minimum atomic E-state index is -0.0323. The Morgan fingerprint density at radius 3 is 2.75 bits per heavy atom. The van der Waals surface area contributed by atoms with Crippen LogP contribution in [-0.4, -0.2) is 20.4 Å². The van der Waals surface area contributed by atoms with Gasteiger partial charge < -0.3 is 14.9 Å². The molecule has 0 aliphatic rings. The molecule has 118 valence electrons. The Balaban J connectivity index is 1.46. The number of imidazole rings is 1. The number of hydrogen-bond acceptors (Lipinski definition) is 2. The van der Waals surface area contributed by atoms with Gasteiger partial charge in [0.15, 0.2) is 0 Å². The van der Waals surface area contributed by atoms with E-state index in [1.807, 2.05) is 65.5 Å². The number of benzene rings is 2. The molecule has 2 heterocycles. The maximum atomic E-state index is 12.3. The quantitative estimate of drug-likeness (QED) is 0.605. The Morgan fingerprint density at radius 1 is 1.12 bits per heavy atom. The molecular formula is C19H16N4O. The van der Waals surface area contributed by atoms with Crippen LogP contribution in [0.5, 0.6) is 0 Å². The molecule has 0 spiro atoms. The summed E-state index contributed by atoms with van der Waals surface area (Å²) in [4.78, 5) is 19.5. The third-order valence-electron chi connectivity index (χ3n) is 3.98. The number of nitrogens with one attached hydrogen (secondary N) is 2. The number of nitrogens with zero attached hydrogens (tertiary/aromatic N) is 2. The van der Waals surface area contributed by atoms with E-state index in [4.69, 9.17) is 0 Å². The number of anilines is 1. The zero-order valence-electron chi connectivity index (χ0n) is 12.9. The summed E-state index contributed by atoms with van der Waals surface area (Å²) in [5.74, 6) is -0.0323. The first-order chi connectivity index (χ1) is 11.8. The minimum Gasteiger partial charge on any atom is -0.361 e. The number of fused-ring (bicyclic) bond motifs is 1. The fourth-order valence-corrected chi connectivity index (χ4v) is 2.78. The first-order valence-electron chi connectivity index (χ1n) is 7.73. The Bertz CT molecular complexity index is 968. The van der Waals surface area contributed by atoms with Crippen molar-refractivity contribution >= 4 is 22.5 Å². The number of carbonyl (C=O) groups is 1. The average Bonchev–Trinajstić information content (AvgIpc) is 3.26. The molecule has 2 N–H and O–H groups in total. The second kappa shape index (κ2) is 6.04. The SMILES string of the molecule is O=C(Cc1c[nH]c2ccccc12)Nc1ccc(-n2ccnc2)cc1. The first kappa shape index (κ1) is 14.3. The lowest BCUT2D eigenvalue weighted by molar-refractivity contribution is -0.115. The van der Waals surface area contributed by atoms with E-state index in [0.29, 0.717) is 6.42 Å². The molecule has 5 heteroatoms. The molecule has 5 nitrogen and oxygen atoms in total. The summed E-state index contributed by atoms with van der Waals surface area (Å²) >= 11 is 0. The summed E-state index contributed by atoms with van der Waals surface area (Å²) in [7, 11) is 0. The Kier molecular flexibility index (Phi) is 3.59. The van der Waals surface area contributed by atoms with E-state index in [1.54, 1.807) is 12.5 Å². The van der Waals surface area contributed by atoms with Crippen molar-refractivity contribution in [2.75, 3.05) is 5.32 Å². The topological polar surface area (TPSA) is 62.7 Å². The van der Waals surface area contributed by atoms with Crippen LogP contribution in [0.2, 0.25) is 0 Å². The molecule has 0 fully saturated rings. The molecule has 0 aliphatic heterocycles. The number of amides is 1. The van der Waals surface area contributed by atoms with Gasteiger partial charge in [0.05, 0.1) is 12.7 Å². The maximum absolute atomic E-state index is 12.3. The molecule has 24 heavy (non-hydrogen) atoms. The van der Waals surface area contributed by atoms with Crippen molar-refractivity contribution in [3.05, 3.63) is 79.0 Å². The summed E-state index contributed by atoms with van der Waals surface area (Å²) in [5, 5.41) is 4.03. The highest BCUT2D eigenvalue weighted by atomic mass is 16.1. The van der Waals surface area contributed by atoms with Crippen LogP contribution in [0.1, 0.15) is 5.56 Å². The van der Waals surface area contributed by atoms with E-state index < -0.39 is 0 Å². The Labute approximate surface area is 139 Å². The molecule has 1 amide bonds. The number of aromatic nitrogens is 3. The van der Waals surface area contributed by atoms with Crippen LogP contribution in [0.4, 0.5) is 5.69 Å². The molecule has 0 saturated carbocycles. The summed E-state index contributed by atoms with van der Waals surface area (Å²) in [6.07, 6.45) is 7.59. The lowest BCUT2D eigenvalue weighted by Gasteiger charge is -2.07. The number of hydrogen-bond donors (Lipinski definition) is 2. The molecule has 0 saturated heterocycles. The smallest absolute Gasteiger partial charge is 0.228 e. The number of para-hydroxylation sites is 1. The summed E-state index contributed by atoms with van der Waals surface area (Å²) in [6.45, 7) is 0. The molecule has 0 unspecified atom stereocenters. The van der Waals surface area contributed by atoms with Crippen LogP contribution in [-0.2, 0) is 11.2 Å². The summed E-state index contributed by atoms with van der Waals surface area (Å²) in [6, 6.07) is 15.7. The molecule has 4 rings (SSSR count). The van der Waals surface area contributed by atoms with Crippen LogP contribution >= 0.6 is 0 Å². The van der Waals surface area contributed by atoms with Crippen molar-refractivity contribution in [2.24, 2.45) is 0 Å². The van der Waals surface area contributed by atoms with Crippen LogP contribution in [0.15, 0.2) is 73.4 Å². The lowest BCUT2D eigenvalue weighted by atomic mass is 10.1. The normalized spacial score (nSPS) is 10.8. The lowest BCUT2D eigenvalue weighted by Crippen LogP contribution is -2.14. The maximum Gasteiger partial charge on any atom is 0.228 e. The molecule has 0 radical (unpaired) electrons. The van der Waals surface area contributed by atoms with Crippen LogP contribution in [0.25, 0.3) is 16.6 Å². The Morgan fingerprint density at radius 2 is 1.96 bits per heavy atom. The van der Waals surface area contributed by atoms with Gasteiger partial charge in [-0.15, -0.1) is 0 Å². The van der Waals surface area contributed by atoms with Gasteiger partial charge in [-0.1, -0.05) is 18.2 Å². The fourth-order valence-electron chi connectivity index (χ4n) is 2.78. The average molecular weight is 316 g/mol. The van der Waals surface area contributed by atoms with Gasteiger partial charge in [-0.2, -0.15) is 0 Å². The third kappa shape index (κ3) is 2.79.